The van der Waals surface area contributed by atoms with Gasteiger partial charge in [0.05, 0.1) is 11.0 Å². The molecule has 0 fully saturated rings. The van der Waals surface area contributed by atoms with E-state index < -0.39 is 12.5 Å². The fourth-order valence-corrected chi connectivity index (χ4v) is 1.72. The third-order valence-corrected chi connectivity index (χ3v) is 2.50. The second kappa shape index (κ2) is 3.46. The van der Waals surface area contributed by atoms with E-state index in [0.29, 0.717) is 22.4 Å². The van der Waals surface area contributed by atoms with Crippen LogP contribution in [0.1, 0.15) is 23.8 Å². The molecule has 3 rings (SSSR count). The highest BCUT2D eigenvalue weighted by Crippen LogP contribution is 2.23. The van der Waals surface area contributed by atoms with Gasteiger partial charge in [0.2, 0.25) is 0 Å². The highest BCUT2D eigenvalue weighted by Gasteiger charge is 2.26. The lowest BCUT2D eigenvalue weighted by Crippen LogP contribution is -2.44. The largest absolute Gasteiger partial charge is 0.371 e. The van der Waals surface area contributed by atoms with Crippen LogP contribution in [-0.2, 0) is 0 Å². The molecule has 1 aromatic heterocycles. The van der Waals surface area contributed by atoms with E-state index in [9.17, 15) is 10.2 Å². The number of hydrogen-bond donors (Lipinski definition) is 4. The Bertz CT molecular complexity index is 497. The van der Waals surface area contributed by atoms with Crippen LogP contribution in [0.2, 0.25) is 0 Å². The van der Waals surface area contributed by atoms with Gasteiger partial charge in [-0.15, -0.1) is 0 Å². The van der Waals surface area contributed by atoms with Crippen LogP contribution in [0, 0.1) is 0 Å². The van der Waals surface area contributed by atoms with Crippen LogP contribution in [0.5, 0.6) is 0 Å². The third-order valence-electron chi connectivity index (χ3n) is 2.50. The van der Waals surface area contributed by atoms with E-state index in [-0.39, 0.29) is 0 Å². The van der Waals surface area contributed by atoms with Crippen molar-refractivity contribution < 1.29 is 10.2 Å². The Kier molecular flexibility index (Phi) is 2.08. The number of nitrogens with one attached hydrogen (secondary N) is 2. The number of nitrogens with zero attached hydrogens (tertiary/aromatic N) is 2. The van der Waals surface area contributed by atoms with Gasteiger partial charge in [0.25, 0.3) is 0 Å². The number of aliphatic hydroxyl groups excluding tert-OH is 2. The minimum atomic E-state index is -0.962. The van der Waals surface area contributed by atoms with Crippen molar-refractivity contribution in [1.82, 2.24) is 20.8 Å². The SMILES string of the molecule is OC1NNC(O)c2nc3ccccc3nc21. The Hall–Kier alpha value is -1.60. The van der Waals surface area contributed by atoms with Gasteiger partial charge in [0, 0.05) is 0 Å². The van der Waals surface area contributed by atoms with Crippen molar-refractivity contribution in [1.29, 1.82) is 0 Å². The molecule has 16 heavy (non-hydrogen) atoms. The van der Waals surface area contributed by atoms with E-state index >= 15 is 0 Å². The number of hydrazine groups is 1. The second-order valence-electron chi connectivity index (χ2n) is 3.58. The van der Waals surface area contributed by atoms with Gasteiger partial charge in [0.1, 0.15) is 11.4 Å². The average Bonchev–Trinajstić information content (AvgIpc) is 2.32. The summed E-state index contributed by atoms with van der Waals surface area (Å²) in [6, 6.07) is 7.31. The summed E-state index contributed by atoms with van der Waals surface area (Å²) >= 11 is 0. The van der Waals surface area contributed by atoms with E-state index in [0.717, 1.165) is 0 Å². The molecule has 1 aliphatic rings. The topological polar surface area (TPSA) is 90.3 Å². The lowest BCUT2D eigenvalue weighted by atomic mass is 10.2. The summed E-state index contributed by atoms with van der Waals surface area (Å²) in [5, 5.41) is 19.3. The van der Waals surface area contributed by atoms with E-state index in [2.05, 4.69) is 20.8 Å². The first-order chi connectivity index (χ1) is 7.75. The van der Waals surface area contributed by atoms with Crippen molar-refractivity contribution in [3.05, 3.63) is 35.7 Å². The van der Waals surface area contributed by atoms with Crippen LogP contribution >= 0.6 is 0 Å². The lowest BCUT2D eigenvalue weighted by Gasteiger charge is -2.26. The van der Waals surface area contributed by atoms with E-state index in [4.69, 9.17) is 0 Å². The first-order valence-corrected chi connectivity index (χ1v) is 4.89. The van der Waals surface area contributed by atoms with Gasteiger partial charge in [-0.1, -0.05) is 12.1 Å². The van der Waals surface area contributed by atoms with Crippen molar-refractivity contribution in [2.24, 2.45) is 0 Å². The molecule has 1 aromatic carbocycles. The molecule has 2 aromatic rings. The van der Waals surface area contributed by atoms with Crippen LogP contribution in [0.3, 0.4) is 0 Å². The van der Waals surface area contributed by atoms with Crippen LogP contribution in [0.4, 0.5) is 0 Å². The summed E-state index contributed by atoms with van der Waals surface area (Å²) < 4.78 is 0. The first kappa shape index (κ1) is 9.61. The summed E-state index contributed by atoms with van der Waals surface area (Å²) in [5.41, 5.74) is 7.10. The molecule has 4 N–H and O–H groups in total. The molecule has 0 radical (unpaired) electrons. The summed E-state index contributed by atoms with van der Waals surface area (Å²) in [6.45, 7) is 0. The van der Waals surface area contributed by atoms with Gasteiger partial charge in [-0.3, -0.25) is 0 Å². The zero-order chi connectivity index (χ0) is 11.1. The van der Waals surface area contributed by atoms with Crippen LogP contribution in [0.15, 0.2) is 24.3 Å². The van der Waals surface area contributed by atoms with Gasteiger partial charge in [0.15, 0.2) is 12.5 Å². The number of para-hydroxylation sites is 2. The average molecular weight is 218 g/mol. The molecule has 82 valence electrons. The Morgan fingerprint density at radius 1 is 0.875 bits per heavy atom. The number of fused-ring (bicyclic) bond motifs is 2. The van der Waals surface area contributed by atoms with E-state index in [1.54, 1.807) is 0 Å². The molecule has 6 nitrogen and oxygen atoms in total. The Morgan fingerprint density at radius 3 is 1.75 bits per heavy atom. The molecule has 6 heteroatoms. The van der Waals surface area contributed by atoms with Crippen molar-refractivity contribution in [2.75, 3.05) is 0 Å². The normalized spacial score (nSPS) is 24.4. The Balaban J connectivity index is 2.28. The fourth-order valence-electron chi connectivity index (χ4n) is 1.72. The van der Waals surface area contributed by atoms with Crippen LogP contribution < -0.4 is 10.9 Å². The molecule has 0 saturated carbocycles. The molecule has 2 unspecified atom stereocenters. The maximum Gasteiger partial charge on any atom is 0.162 e. The van der Waals surface area contributed by atoms with Crippen molar-refractivity contribution in [2.45, 2.75) is 12.5 Å². The molecule has 0 aliphatic carbocycles. The Labute approximate surface area is 90.9 Å². The zero-order valence-electron chi connectivity index (χ0n) is 8.25. The molecule has 0 bridgehead atoms. The van der Waals surface area contributed by atoms with Gasteiger partial charge in [-0.2, -0.15) is 0 Å². The van der Waals surface area contributed by atoms with Gasteiger partial charge in [-0.05, 0) is 12.1 Å². The summed E-state index contributed by atoms with van der Waals surface area (Å²) in [7, 11) is 0. The molecular weight excluding hydrogens is 208 g/mol. The molecule has 0 amide bonds. The molecule has 0 saturated heterocycles. The zero-order valence-corrected chi connectivity index (χ0v) is 8.25. The predicted octanol–water partition coefficient (Wildman–Crippen LogP) is -0.281. The monoisotopic (exact) mass is 218 g/mol. The smallest absolute Gasteiger partial charge is 0.162 e. The highest BCUT2D eigenvalue weighted by atomic mass is 16.3. The number of hydrogen-bond acceptors (Lipinski definition) is 6. The first-order valence-electron chi connectivity index (χ1n) is 4.89. The predicted molar refractivity (Wildman–Crippen MR) is 55.7 cm³/mol. The minimum Gasteiger partial charge on any atom is -0.371 e. The van der Waals surface area contributed by atoms with E-state index in [1.165, 1.54) is 0 Å². The number of rotatable bonds is 0. The van der Waals surface area contributed by atoms with Crippen molar-refractivity contribution >= 4 is 11.0 Å². The second-order valence-corrected chi connectivity index (χ2v) is 3.58. The lowest BCUT2D eigenvalue weighted by molar-refractivity contribution is 0.0271. The standard InChI is InChI=1S/C10H10N4O2/c15-9-7-8(10(16)14-13-9)12-6-4-2-1-3-5(6)11-7/h1-4,9-10,13-16H. The summed E-state index contributed by atoms with van der Waals surface area (Å²) in [4.78, 5) is 8.54. The summed E-state index contributed by atoms with van der Waals surface area (Å²) in [5.74, 6) is 0. The molecule has 2 atom stereocenters. The fraction of sp³-hybridized carbons (Fsp3) is 0.200. The maximum atomic E-state index is 9.65. The third kappa shape index (κ3) is 1.36. The minimum absolute atomic E-state index is 0.352. The molecule has 2 heterocycles. The van der Waals surface area contributed by atoms with Gasteiger partial charge >= 0.3 is 0 Å². The van der Waals surface area contributed by atoms with Crippen molar-refractivity contribution in [3.63, 3.8) is 0 Å². The highest BCUT2D eigenvalue weighted by molar-refractivity contribution is 5.74. The van der Waals surface area contributed by atoms with Crippen LogP contribution in [0.25, 0.3) is 11.0 Å². The molecule has 0 spiro atoms. The molecule has 1 aliphatic heterocycles. The Morgan fingerprint density at radius 2 is 1.31 bits per heavy atom. The number of aromatic nitrogens is 2. The number of benzene rings is 1. The number of aliphatic hydroxyl groups is 2. The molecular formula is C10H10N4O2. The maximum absolute atomic E-state index is 9.65. The summed E-state index contributed by atoms with van der Waals surface area (Å²) in [6.07, 6.45) is -1.92. The van der Waals surface area contributed by atoms with E-state index in [1.807, 2.05) is 24.3 Å². The quantitative estimate of drug-likeness (QED) is 0.486. The van der Waals surface area contributed by atoms with Gasteiger partial charge in [-0.25, -0.2) is 20.8 Å². The van der Waals surface area contributed by atoms with Crippen LogP contribution in [-0.4, -0.2) is 20.2 Å². The van der Waals surface area contributed by atoms with Gasteiger partial charge < -0.3 is 10.2 Å². The van der Waals surface area contributed by atoms with Crippen molar-refractivity contribution in [3.8, 4) is 0 Å².